The summed E-state index contributed by atoms with van der Waals surface area (Å²) in [6, 6.07) is 16.4. The molecule has 0 saturated carbocycles. The van der Waals surface area contributed by atoms with Crippen LogP contribution in [-0.4, -0.2) is 35.3 Å². The summed E-state index contributed by atoms with van der Waals surface area (Å²) in [5.41, 5.74) is 5.65. The first-order chi connectivity index (χ1) is 13.7. The van der Waals surface area contributed by atoms with Gasteiger partial charge in [-0.3, -0.25) is 4.79 Å². The number of aryl methyl sites for hydroxylation is 2. The van der Waals surface area contributed by atoms with Crippen molar-refractivity contribution in [2.45, 2.75) is 20.3 Å². The van der Waals surface area contributed by atoms with E-state index in [1.807, 2.05) is 29.1 Å². The van der Waals surface area contributed by atoms with Gasteiger partial charge in [-0.25, -0.2) is 4.68 Å². The van der Waals surface area contributed by atoms with Crippen LogP contribution in [0.4, 0.5) is 0 Å². The first kappa shape index (κ1) is 21.1. The number of carbonyl (C=O) groups excluding carboxylic acids is 1. The summed E-state index contributed by atoms with van der Waals surface area (Å²) < 4.78 is 1.82. The van der Waals surface area contributed by atoms with E-state index in [1.54, 1.807) is 0 Å². The van der Waals surface area contributed by atoms with E-state index < -0.39 is 0 Å². The molecule has 0 atom stereocenters. The molecule has 0 aliphatic carbocycles. The molecule has 1 aromatic heterocycles. The molecule has 152 valence electrons. The molecule has 0 radical (unpaired) electrons. The number of carbonyl (C=O) groups is 1. The van der Waals surface area contributed by atoms with Crippen molar-refractivity contribution in [1.82, 2.24) is 20.4 Å². The van der Waals surface area contributed by atoms with Gasteiger partial charge in [0, 0.05) is 37.3 Å². The fraction of sp³-hybridized carbons (Fsp3) is 0.304. The molecule has 1 saturated heterocycles. The molecular weight excluding hydrogens is 384 g/mol. The van der Waals surface area contributed by atoms with Gasteiger partial charge in [0.15, 0.2) is 0 Å². The van der Waals surface area contributed by atoms with Crippen molar-refractivity contribution in [3.05, 3.63) is 71.4 Å². The highest BCUT2D eigenvalue weighted by atomic mass is 35.5. The van der Waals surface area contributed by atoms with E-state index >= 15 is 0 Å². The third-order valence-electron chi connectivity index (χ3n) is 5.37. The maximum absolute atomic E-state index is 13.0. The monoisotopic (exact) mass is 410 g/mol. The van der Waals surface area contributed by atoms with Crippen molar-refractivity contribution in [3.63, 3.8) is 0 Å². The van der Waals surface area contributed by atoms with E-state index in [-0.39, 0.29) is 18.3 Å². The number of hydrogen-bond donors (Lipinski definition) is 2. The molecule has 29 heavy (non-hydrogen) atoms. The summed E-state index contributed by atoms with van der Waals surface area (Å²) in [6.07, 6.45) is 2.83. The molecule has 0 spiro atoms. The molecular formula is C23H27ClN4O. The molecule has 0 unspecified atom stereocenters. The molecule has 1 aliphatic heterocycles. The molecule has 1 amide bonds. The number of para-hydroxylation sites is 1. The second-order valence-corrected chi connectivity index (χ2v) is 7.41. The zero-order valence-electron chi connectivity index (χ0n) is 16.8. The van der Waals surface area contributed by atoms with Crippen molar-refractivity contribution >= 4 is 18.3 Å². The summed E-state index contributed by atoms with van der Waals surface area (Å²) >= 11 is 0. The van der Waals surface area contributed by atoms with Gasteiger partial charge < -0.3 is 10.6 Å². The van der Waals surface area contributed by atoms with Crippen molar-refractivity contribution in [2.75, 3.05) is 19.6 Å². The molecule has 1 fully saturated rings. The number of aromatic nitrogens is 2. The Hall–Kier alpha value is -2.63. The number of nitrogens with one attached hydrogen (secondary N) is 2. The second kappa shape index (κ2) is 9.25. The number of benzene rings is 2. The number of rotatable bonds is 6. The quantitative estimate of drug-likeness (QED) is 0.650. The first-order valence-corrected chi connectivity index (χ1v) is 9.89. The zero-order chi connectivity index (χ0) is 19.5. The molecule has 1 aliphatic rings. The lowest BCUT2D eigenvalue weighted by Gasteiger charge is -2.27. The van der Waals surface area contributed by atoms with E-state index in [1.165, 1.54) is 5.56 Å². The fourth-order valence-corrected chi connectivity index (χ4v) is 3.42. The Morgan fingerprint density at radius 3 is 2.52 bits per heavy atom. The topological polar surface area (TPSA) is 59.0 Å². The minimum atomic E-state index is -0.0682. The van der Waals surface area contributed by atoms with Crippen LogP contribution in [0.5, 0.6) is 0 Å². The normalized spacial score (nSPS) is 13.4. The van der Waals surface area contributed by atoms with Gasteiger partial charge in [-0.15, -0.1) is 12.4 Å². The van der Waals surface area contributed by atoms with Crippen LogP contribution in [-0.2, 0) is 6.42 Å². The van der Waals surface area contributed by atoms with Gasteiger partial charge in [0.05, 0.1) is 11.3 Å². The molecule has 3 aromatic rings. The van der Waals surface area contributed by atoms with E-state index in [9.17, 15) is 4.79 Å². The summed E-state index contributed by atoms with van der Waals surface area (Å²) in [5, 5.41) is 11.1. The summed E-state index contributed by atoms with van der Waals surface area (Å²) in [5.74, 6) is 0.448. The summed E-state index contributed by atoms with van der Waals surface area (Å²) in [6.45, 7) is 6.81. The maximum Gasteiger partial charge on any atom is 0.255 e. The summed E-state index contributed by atoms with van der Waals surface area (Å²) in [4.78, 5) is 13.0. The van der Waals surface area contributed by atoms with Gasteiger partial charge >= 0.3 is 0 Å². The van der Waals surface area contributed by atoms with Gasteiger partial charge in [0.2, 0.25) is 0 Å². The Kier molecular flexibility index (Phi) is 6.72. The van der Waals surface area contributed by atoms with Crippen molar-refractivity contribution < 1.29 is 4.79 Å². The van der Waals surface area contributed by atoms with Crippen LogP contribution in [0.2, 0.25) is 0 Å². The van der Waals surface area contributed by atoms with Crippen molar-refractivity contribution in [2.24, 2.45) is 5.92 Å². The average Bonchev–Trinajstić information content (AvgIpc) is 3.12. The molecule has 2 N–H and O–H groups in total. The Morgan fingerprint density at radius 2 is 1.90 bits per heavy atom. The van der Waals surface area contributed by atoms with Gasteiger partial charge in [-0.2, -0.15) is 5.10 Å². The van der Waals surface area contributed by atoms with Gasteiger partial charge in [0.25, 0.3) is 5.91 Å². The maximum atomic E-state index is 13.0. The van der Waals surface area contributed by atoms with Crippen LogP contribution in [0.25, 0.3) is 16.9 Å². The first-order valence-electron chi connectivity index (χ1n) is 9.89. The largest absolute Gasteiger partial charge is 0.352 e. The summed E-state index contributed by atoms with van der Waals surface area (Å²) in [7, 11) is 0. The second-order valence-electron chi connectivity index (χ2n) is 7.41. The van der Waals surface area contributed by atoms with Gasteiger partial charge in [-0.1, -0.05) is 49.4 Å². The Balaban J connectivity index is 0.00000240. The van der Waals surface area contributed by atoms with Crippen LogP contribution in [0.15, 0.2) is 54.7 Å². The van der Waals surface area contributed by atoms with Crippen molar-refractivity contribution in [1.29, 1.82) is 0 Å². The standard InChI is InChI=1S/C23H26N4O.ClH/c1-3-17-8-10-19(11-9-17)22-20(23(28)25-14-18-12-24-13-18)15-27(26-22)21-7-5-4-6-16(21)2;/h4-11,15,18,24H,3,12-14H2,1-2H3,(H,25,28);1H. The van der Waals surface area contributed by atoms with Crippen LogP contribution in [0.3, 0.4) is 0 Å². The van der Waals surface area contributed by atoms with E-state index in [0.29, 0.717) is 18.0 Å². The van der Waals surface area contributed by atoms with Crippen LogP contribution in [0.1, 0.15) is 28.4 Å². The average molecular weight is 411 g/mol. The fourth-order valence-electron chi connectivity index (χ4n) is 3.42. The van der Waals surface area contributed by atoms with E-state index in [4.69, 9.17) is 5.10 Å². The number of hydrogen-bond acceptors (Lipinski definition) is 3. The Bertz CT molecular complexity index is 977. The molecule has 5 nitrogen and oxygen atoms in total. The highest BCUT2D eigenvalue weighted by Crippen LogP contribution is 2.25. The number of halogens is 1. The zero-order valence-corrected chi connectivity index (χ0v) is 17.6. The smallest absolute Gasteiger partial charge is 0.255 e. The van der Waals surface area contributed by atoms with Crippen molar-refractivity contribution in [3.8, 4) is 16.9 Å². The lowest BCUT2D eigenvalue weighted by atomic mass is 10.0. The van der Waals surface area contributed by atoms with Gasteiger partial charge in [0.1, 0.15) is 5.69 Å². The Labute approximate surface area is 177 Å². The van der Waals surface area contributed by atoms with E-state index in [2.05, 4.69) is 54.8 Å². The lowest BCUT2D eigenvalue weighted by molar-refractivity contribution is 0.0943. The van der Waals surface area contributed by atoms with Crippen LogP contribution >= 0.6 is 12.4 Å². The third-order valence-corrected chi connectivity index (χ3v) is 5.37. The number of amides is 1. The minimum absolute atomic E-state index is 0. The van der Waals surface area contributed by atoms with Crippen LogP contribution in [0, 0.1) is 12.8 Å². The number of nitrogens with zero attached hydrogens (tertiary/aromatic N) is 2. The SMILES string of the molecule is CCc1ccc(-c2nn(-c3ccccc3C)cc2C(=O)NCC2CNC2)cc1.Cl. The molecule has 6 heteroatoms. The predicted octanol–water partition coefficient (Wildman–Crippen LogP) is 3.78. The lowest BCUT2D eigenvalue weighted by Crippen LogP contribution is -2.48. The minimum Gasteiger partial charge on any atom is -0.352 e. The molecule has 2 heterocycles. The highest BCUT2D eigenvalue weighted by Gasteiger charge is 2.22. The predicted molar refractivity (Wildman–Crippen MR) is 119 cm³/mol. The molecule has 0 bridgehead atoms. The highest BCUT2D eigenvalue weighted by molar-refractivity contribution is 6.00. The molecule has 4 rings (SSSR count). The van der Waals surface area contributed by atoms with E-state index in [0.717, 1.165) is 42.0 Å². The van der Waals surface area contributed by atoms with Gasteiger partial charge in [-0.05, 0) is 30.5 Å². The third kappa shape index (κ3) is 4.52. The molecule has 2 aromatic carbocycles. The van der Waals surface area contributed by atoms with Crippen LogP contribution < -0.4 is 10.6 Å². The Morgan fingerprint density at radius 1 is 1.17 bits per heavy atom.